The lowest BCUT2D eigenvalue weighted by Gasteiger charge is -2.27. The van der Waals surface area contributed by atoms with Crippen LogP contribution in [0.1, 0.15) is 42.9 Å². The van der Waals surface area contributed by atoms with Crippen LogP contribution in [-0.2, 0) is 21.2 Å². The predicted octanol–water partition coefficient (Wildman–Crippen LogP) is 4.18. The molecule has 0 bridgehead atoms. The van der Waals surface area contributed by atoms with Crippen molar-refractivity contribution in [3.63, 3.8) is 0 Å². The molecular formula is C23H26FNO3S. The van der Waals surface area contributed by atoms with E-state index in [1.165, 1.54) is 23.8 Å². The fraction of sp³-hybridized carbons (Fsp3) is 0.348. The summed E-state index contributed by atoms with van der Waals surface area (Å²) >= 11 is 0. The van der Waals surface area contributed by atoms with E-state index in [1.807, 2.05) is 24.3 Å². The van der Waals surface area contributed by atoms with E-state index in [0.29, 0.717) is 24.4 Å². The molecule has 0 spiro atoms. The van der Waals surface area contributed by atoms with E-state index in [0.717, 1.165) is 5.56 Å². The Morgan fingerprint density at radius 3 is 2.34 bits per heavy atom. The monoisotopic (exact) mass is 415 g/mol. The third kappa shape index (κ3) is 5.76. The van der Waals surface area contributed by atoms with Crippen molar-refractivity contribution in [2.24, 2.45) is 0 Å². The van der Waals surface area contributed by atoms with Gasteiger partial charge in [-0.05, 0) is 47.2 Å². The maximum atomic E-state index is 13.1. The van der Waals surface area contributed by atoms with E-state index >= 15 is 0 Å². The van der Waals surface area contributed by atoms with Crippen molar-refractivity contribution < 1.29 is 17.6 Å². The number of rotatable bonds is 6. The summed E-state index contributed by atoms with van der Waals surface area (Å²) in [7, 11) is -3.12. The Morgan fingerprint density at radius 2 is 1.79 bits per heavy atom. The van der Waals surface area contributed by atoms with Crippen molar-refractivity contribution in [2.45, 2.75) is 38.8 Å². The van der Waals surface area contributed by atoms with Crippen LogP contribution in [0, 0.1) is 5.82 Å². The number of nitrogens with zero attached hydrogens (tertiary/aromatic N) is 1. The van der Waals surface area contributed by atoms with E-state index in [4.69, 9.17) is 0 Å². The zero-order chi connectivity index (χ0) is 21.0. The first-order valence-electron chi connectivity index (χ1n) is 9.77. The largest absolute Gasteiger partial charge is 0.331 e. The zero-order valence-corrected chi connectivity index (χ0v) is 17.5. The zero-order valence-electron chi connectivity index (χ0n) is 16.7. The van der Waals surface area contributed by atoms with Gasteiger partial charge in [0, 0.05) is 18.7 Å². The predicted molar refractivity (Wildman–Crippen MR) is 114 cm³/mol. The van der Waals surface area contributed by atoms with Gasteiger partial charge in [0.05, 0.1) is 11.5 Å². The molecule has 1 atom stereocenters. The highest BCUT2D eigenvalue weighted by Crippen LogP contribution is 2.22. The summed E-state index contributed by atoms with van der Waals surface area (Å²) in [6.45, 7) is 4.59. The Bertz CT molecular complexity index is 980. The summed E-state index contributed by atoms with van der Waals surface area (Å²) in [5.41, 5.74) is 2.88. The van der Waals surface area contributed by atoms with Gasteiger partial charge in [-0.25, -0.2) is 12.8 Å². The summed E-state index contributed by atoms with van der Waals surface area (Å²) < 4.78 is 37.0. The van der Waals surface area contributed by atoms with E-state index in [2.05, 4.69) is 13.8 Å². The maximum absolute atomic E-state index is 13.1. The lowest BCUT2D eigenvalue weighted by molar-refractivity contribution is -0.128. The molecule has 154 valence electrons. The lowest BCUT2D eigenvalue weighted by Crippen LogP contribution is -2.39. The van der Waals surface area contributed by atoms with Gasteiger partial charge in [-0.15, -0.1) is 0 Å². The summed E-state index contributed by atoms with van der Waals surface area (Å²) in [6.07, 6.45) is 3.50. The van der Waals surface area contributed by atoms with E-state index in [1.54, 1.807) is 23.1 Å². The molecule has 0 aliphatic carbocycles. The molecule has 1 heterocycles. The van der Waals surface area contributed by atoms with Gasteiger partial charge in [0.2, 0.25) is 5.91 Å². The first-order chi connectivity index (χ1) is 13.7. The Hall–Kier alpha value is -2.47. The molecule has 1 aliphatic rings. The summed E-state index contributed by atoms with van der Waals surface area (Å²) in [5, 5.41) is 0. The molecule has 0 radical (unpaired) electrons. The second-order valence-corrected chi connectivity index (χ2v) is 10.0. The number of carbonyl (C=O) groups excluding carboxylic acids is 1. The van der Waals surface area contributed by atoms with Crippen molar-refractivity contribution in [1.29, 1.82) is 0 Å². The molecule has 1 saturated heterocycles. The summed E-state index contributed by atoms with van der Waals surface area (Å²) in [4.78, 5) is 14.6. The first-order valence-corrected chi connectivity index (χ1v) is 11.6. The normalized spacial score (nSPS) is 18.4. The second kappa shape index (κ2) is 8.91. The highest BCUT2D eigenvalue weighted by Gasteiger charge is 2.34. The van der Waals surface area contributed by atoms with Gasteiger partial charge in [-0.3, -0.25) is 4.79 Å². The van der Waals surface area contributed by atoms with Gasteiger partial charge in [0.15, 0.2) is 9.84 Å². The van der Waals surface area contributed by atoms with Crippen molar-refractivity contribution >= 4 is 21.8 Å². The average molecular weight is 416 g/mol. The van der Waals surface area contributed by atoms with Crippen LogP contribution in [0.4, 0.5) is 4.39 Å². The summed E-state index contributed by atoms with van der Waals surface area (Å²) in [6, 6.07) is 13.6. The third-order valence-corrected chi connectivity index (χ3v) is 6.97. The average Bonchev–Trinajstić information content (AvgIpc) is 3.05. The minimum absolute atomic E-state index is 0.00674. The number of benzene rings is 2. The van der Waals surface area contributed by atoms with E-state index in [-0.39, 0.29) is 29.3 Å². The minimum atomic E-state index is -3.12. The smallest absolute Gasteiger partial charge is 0.247 e. The second-order valence-electron chi connectivity index (χ2n) is 7.80. The number of sulfone groups is 1. The van der Waals surface area contributed by atoms with E-state index < -0.39 is 9.84 Å². The molecule has 4 nitrogen and oxygen atoms in total. The van der Waals surface area contributed by atoms with Crippen LogP contribution >= 0.6 is 0 Å². The Morgan fingerprint density at radius 1 is 1.14 bits per heavy atom. The molecule has 0 unspecified atom stereocenters. The maximum Gasteiger partial charge on any atom is 0.247 e. The van der Waals surface area contributed by atoms with Gasteiger partial charge >= 0.3 is 0 Å². The molecule has 6 heteroatoms. The molecular weight excluding hydrogens is 389 g/mol. The quantitative estimate of drug-likeness (QED) is 0.665. The van der Waals surface area contributed by atoms with Crippen LogP contribution < -0.4 is 0 Å². The number of hydrogen-bond acceptors (Lipinski definition) is 3. The molecule has 3 rings (SSSR count). The van der Waals surface area contributed by atoms with Crippen molar-refractivity contribution in [3.8, 4) is 0 Å². The van der Waals surface area contributed by atoms with Gasteiger partial charge in [-0.2, -0.15) is 0 Å². The fourth-order valence-corrected chi connectivity index (χ4v) is 5.18. The number of hydrogen-bond donors (Lipinski definition) is 0. The Labute approximate surface area is 172 Å². The standard InChI is InChI=1S/C23H26FNO3S/c1-17(2)20-8-3-19(4-9-20)15-25(22-13-14-29(27,28)16-22)23(26)12-7-18-5-10-21(24)11-6-18/h3-12,17,22H,13-16H2,1-2H3/b12-7+/t22-/m1/s1. The summed E-state index contributed by atoms with van der Waals surface area (Å²) in [5.74, 6) is -0.0660. The number of amides is 1. The van der Waals surface area contributed by atoms with Crippen LogP contribution in [0.15, 0.2) is 54.6 Å². The number of halogens is 1. The first kappa shape index (κ1) is 21.2. The Balaban J connectivity index is 1.80. The van der Waals surface area contributed by atoms with Crippen molar-refractivity contribution in [3.05, 3.63) is 77.1 Å². The van der Waals surface area contributed by atoms with Gasteiger partial charge < -0.3 is 4.90 Å². The topological polar surface area (TPSA) is 54.5 Å². The van der Waals surface area contributed by atoms with E-state index in [9.17, 15) is 17.6 Å². The fourth-order valence-electron chi connectivity index (χ4n) is 3.45. The molecule has 0 N–H and O–H groups in total. The van der Waals surface area contributed by atoms with Crippen LogP contribution in [0.25, 0.3) is 6.08 Å². The molecule has 29 heavy (non-hydrogen) atoms. The van der Waals surface area contributed by atoms with Gasteiger partial charge in [-0.1, -0.05) is 50.2 Å². The SMILES string of the molecule is CC(C)c1ccc(CN(C(=O)/C=C/c2ccc(F)cc2)[C@@H]2CCS(=O)(=O)C2)cc1. The molecule has 2 aromatic rings. The highest BCUT2D eigenvalue weighted by molar-refractivity contribution is 7.91. The number of carbonyl (C=O) groups is 1. The minimum Gasteiger partial charge on any atom is -0.331 e. The molecule has 2 aromatic carbocycles. The molecule has 1 fully saturated rings. The third-order valence-electron chi connectivity index (χ3n) is 5.22. The van der Waals surface area contributed by atoms with Gasteiger partial charge in [0.25, 0.3) is 0 Å². The van der Waals surface area contributed by atoms with Crippen molar-refractivity contribution in [2.75, 3.05) is 11.5 Å². The van der Waals surface area contributed by atoms with Crippen LogP contribution in [-0.4, -0.2) is 36.8 Å². The van der Waals surface area contributed by atoms with Crippen LogP contribution in [0.5, 0.6) is 0 Å². The molecule has 1 amide bonds. The molecule has 0 saturated carbocycles. The molecule has 0 aromatic heterocycles. The Kier molecular flexibility index (Phi) is 6.52. The highest BCUT2D eigenvalue weighted by atomic mass is 32.2. The lowest BCUT2D eigenvalue weighted by atomic mass is 10.0. The molecule has 1 aliphatic heterocycles. The van der Waals surface area contributed by atoms with Crippen LogP contribution in [0.2, 0.25) is 0 Å². The van der Waals surface area contributed by atoms with Gasteiger partial charge in [0.1, 0.15) is 5.82 Å². The van der Waals surface area contributed by atoms with Crippen molar-refractivity contribution in [1.82, 2.24) is 4.90 Å². The van der Waals surface area contributed by atoms with Crippen LogP contribution in [0.3, 0.4) is 0 Å².